The fraction of sp³-hybridized carbons (Fsp3) is 0.0196. The molecule has 4 aromatic heterocycles. The molecule has 0 aliphatic carbocycles. The van der Waals surface area contributed by atoms with Crippen molar-refractivity contribution in [3.8, 4) is 34.6 Å². The number of alkyl halides is 3. The monoisotopic (exact) mass is 782 g/mol. The first kappa shape index (κ1) is 33.8. The first-order chi connectivity index (χ1) is 29.3. The van der Waals surface area contributed by atoms with Gasteiger partial charge in [-0.1, -0.05) is 84.9 Å². The zero-order valence-corrected chi connectivity index (χ0v) is 31.2. The van der Waals surface area contributed by atoms with E-state index in [1.54, 1.807) is 12.1 Å². The highest BCUT2D eigenvalue weighted by atomic mass is 19.4. The van der Waals surface area contributed by atoms with Crippen LogP contribution in [0.15, 0.2) is 160 Å². The first-order valence-corrected chi connectivity index (χ1v) is 19.2. The average molecular weight is 783 g/mol. The van der Waals surface area contributed by atoms with Gasteiger partial charge in [0, 0.05) is 48.7 Å². The Hall–Kier alpha value is -8.27. The van der Waals surface area contributed by atoms with Gasteiger partial charge in [0.15, 0.2) is 11.2 Å². The molecule has 8 aromatic carbocycles. The molecule has 282 valence electrons. The van der Waals surface area contributed by atoms with E-state index in [1.165, 1.54) is 6.07 Å². The van der Waals surface area contributed by atoms with Crippen LogP contribution in [-0.4, -0.2) is 9.13 Å². The number of para-hydroxylation sites is 4. The lowest BCUT2D eigenvalue weighted by Crippen LogP contribution is -2.07. The fourth-order valence-electron chi connectivity index (χ4n) is 9.24. The Kier molecular flexibility index (Phi) is 6.84. The van der Waals surface area contributed by atoms with Gasteiger partial charge in [0.1, 0.15) is 17.2 Å². The van der Waals surface area contributed by atoms with Gasteiger partial charge in [0.05, 0.1) is 56.2 Å². The average Bonchev–Trinajstić information content (AvgIpc) is 4.03. The lowest BCUT2D eigenvalue weighted by atomic mass is 9.95. The zero-order valence-electron chi connectivity index (χ0n) is 31.2. The molecule has 0 bridgehead atoms. The quantitative estimate of drug-likeness (QED) is 0.179. The van der Waals surface area contributed by atoms with Crippen LogP contribution >= 0.6 is 0 Å². The van der Waals surface area contributed by atoms with Crippen molar-refractivity contribution in [1.82, 2.24) is 9.13 Å². The molecule has 0 spiro atoms. The minimum absolute atomic E-state index is 0.152. The van der Waals surface area contributed by atoms with E-state index in [0.29, 0.717) is 50.3 Å². The predicted molar refractivity (Wildman–Crippen MR) is 230 cm³/mol. The second-order valence-corrected chi connectivity index (χ2v) is 15.0. The fourth-order valence-corrected chi connectivity index (χ4v) is 9.24. The van der Waals surface area contributed by atoms with Crippen LogP contribution in [0.4, 0.5) is 13.2 Å². The molecule has 6 nitrogen and oxygen atoms in total. The number of nitriles is 2. The Labute approximate surface area is 337 Å². The molecule has 0 N–H and O–H groups in total. The van der Waals surface area contributed by atoms with Gasteiger partial charge < -0.3 is 18.0 Å². The maximum Gasteiger partial charge on any atom is 0.416 e. The van der Waals surface area contributed by atoms with Crippen LogP contribution in [0.1, 0.15) is 16.7 Å². The topological polar surface area (TPSA) is 83.7 Å². The number of benzene rings is 8. The smallest absolute Gasteiger partial charge is 0.416 e. The van der Waals surface area contributed by atoms with Crippen LogP contribution in [0, 0.1) is 22.7 Å². The number of hydrogen-bond donors (Lipinski definition) is 0. The third kappa shape index (κ3) is 4.63. The molecular weight excluding hydrogens is 758 g/mol. The van der Waals surface area contributed by atoms with Crippen LogP contribution in [0.25, 0.3) is 110 Å². The van der Waals surface area contributed by atoms with Crippen molar-refractivity contribution < 1.29 is 22.0 Å². The highest BCUT2D eigenvalue weighted by Gasteiger charge is 2.32. The zero-order chi connectivity index (χ0) is 40.4. The maximum atomic E-state index is 14.7. The molecular formula is C51H25F3N4O2. The van der Waals surface area contributed by atoms with Crippen molar-refractivity contribution in [3.05, 3.63) is 168 Å². The third-order valence-corrected chi connectivity index (χ3v) is 11.8. The van der Waals surface area contributed by atoms with Gasteiger partial charge >= 0.3 is 6.18 Å². The van der Waals surface area contributed by atoms with Gasteiger partial charge in [-0.2, -0.15) is 23.7 Å². The number of nitrogens with zero attached hydrogens (tertiary/aromatic N) is 4. The van der Waals surface area contributed by atoms with Gasteiger partial charge in [-0.05, 0) is 72.3 Å². The highest BCUT2D eigenvalue weighted by Crippen LogP contribution is 2.46. The van der Waals surface area contributed by atoms with E-state index in [1.807, 2.05) is 137 Å². The second-order valence-electron chi connectivity index (χ2n) is 15.0. The lowest BCUT2D eigenvalue weighted by Gasteiger charge is -2.20. The molecule has 0 saturated carbocycles. The Balaban J connectivity index is 1.28. The lowest BCUT2D eigenvalue weighted by molar-refractivity contribution is -0.137. The predicted octanol–water partition coefficient (Wildman–Crippen LogP) is 14.1. The van der Waals surface area contributed by atoms with Crippen molar-refractivity contribution in [2.45, 2.75) is 6.18 Å². The van der Waals surface area contributed by atoms with E-state index in [2.05, 4.69) is 6.07 Å². The van der Waals surface area contributed by atoms with Gasteiger partial charge in [-0.25, -0.2) is 0 Å². The molecule has 0 atom stereocenters. The molecule has 0 unspecified atom stereocenters. The molecule has 0 fully saturated rings. The third-order valence-electron chi connectivity index (χ3n) is 11.8. The number of rotatable bonds is 3. The minimum atomic E-state index is -4.75. The Morgan fingerprint density at radius 1 is 0.467 bits per heavy atom. The van der Waals surface area contributed by atoms with E-state index >= 15 is 0 Å². The molecule has 12 rings (SSSR count). The van der Waals surface area contributed by atoms with Crippen LogP contribution in [0.2, 0.25) is 0 Å². The molecule has 9 heteroatoms. The highest BCUT2D eigenvalue weighted by molar-refractivity contribution is 6.23. The summed E-state index contributed by atoms with van der Waals surface area (Å²) in [6.45, 7) is 0. The minimum Gasteiger partial charge on any atom is -0.454 e. The molecule has 60 heavy (non-hydrogen) atoms. The summed E-state index contributed by atoms with van der Waals surface area (Å²) in [4.78, 5) is 0. The van der Waals surface area contributed by atoms with Crippen molar-refractivity contribution in [1.29, 1.82) is 10.5 Å². The van der Waals surface area contributed by atoms with Gasteiger partial charge in [-0.3, -0.25) is 0 Å². The SMILES string of the molecule is N#Cc1cc(-c2cc(-n3c4ccccc4c4ccc5c6ccccc6oc5c43)c(C#N)cc2-n2c3ccccc3c3ccc4c5ccccc5oc4c32)cc(C(F)(F)F)c1. The standard InChI is InChI=1S/C51H25F3N4O2/c52-51(53,54)31-22-28(26-55)21-29(23-31)40-25-43(57-41-13-5-1-9-32(41)36-17-19-38-34-11-3-7-15-45(34)59-49(38)47(36)57)30(27-56)24-44(40)58-42-14-6-2-10-33(42)37-18-20-39-35-12-4-8-16-46(35)60-50(39)48(37)58/h1-25H. The number of hydrogen-bond acceptors (Lipinski definition) is 4. The van der Waals surface area contributed by atoms with Crippen molar-refractivity contribution in [3.63, 3.8) is 0 Å². The number of halogens is 3. The summed E-state index contributed by atoms with van der Waals surface area (Å²) in [6.07, 6.45) is -4.75. The molecule has 0 amide bonds. The molecule has 0 radical (unpaired) electrons. The summed E-state index contributed by atoms with van der Waals surface area (Å²) in [5.74, 6) is 0. The van der Waals surface area contributed by atoms with Gasteiger partial charge in [0.25, 0.3) is 0 Å². The van der Waals surface area contributed by atoms with E-state index in [9.17, 15) is 23.7 Å². The van der Waals surface area contributed by atoms with E-state index in [4.69, 9.17) is 8.83 Å². The van der Waals surface area contributed by atoms with Crippen LogP contribution in [-0.2, 0) is 6.18 Å². The van der Waals surface area contributed by atoms with Crippen LogP contribution in [0.5, 0.6) is 0 Å². The summed E-state index contributed by atoms with van der Waals surface area (Å²) in [7, 11) is 0. The summed E-state index contributed by atoms with van der Waals surface area (Å²) in [5.41, 5.74) is 6.06. The van der Waals surface area contributed by atoms with Crippen LogP contribution < -0.4 is 0 Å². The summed E-state index contributed by atoms with van der Waals surface area (Å²) < 4.78 is 61.2. The largest absolute Gasteiger partial charge is 0.454 e. The number of aromatic nitrogens is 2. The Bertz CT molecular complexity index is 3920. The van der Waals surface area contributed by atoms with E-state index in [-0.39, 0.29) is 16.7 Å². The Morgan fingerprint density at radius 3 is 1.50 bits per heavy atom. The molecule has 0 aliphatic heterocycles. The first-order valence-electron chi connectivity index (χ1n) is 19.2. The molecule has 0 aliphatic rings. The molecule has 12 aromatic rings. The molecule has 0 saturated heterocycles. The summed E-state index contributed by atoms with van der Waals surface area (Å²) in [6, 6.07) is 50.6. The second kappa shape index (κ2) is 12.1. The molecule has 4 heterocycles. The van der Waals surface area contributed by atoms with Gasteiger partial charge in [0.2, 0.25) is 0 Å². The van der Waals surface area contributed by atoms with Crippen molar-refractivity contribution in [2.24, 2.45) is 0 Å². The van der Waals surface area contributed by atoms with E-state index in [0.717, 1.165) is 66.3 Å². The summed E-state index contributed by atoms with van der Waals surface area (Å²) >= 11 is 0. The summed E-state index contributed by atoms with van der Waals surface area (Å²) in [5, 5.41) is 28.4. The Morgan fingerprint density at radius 2 is 0.967 bits per heavy atom. The van der Waals surface area contributed by atoms with E-state index < -0.39 is 11.7 Å². The van der Waals surface area contributed by atoms with Crippen molar-refractivity contribution in [2.75, 3.05) is 0 Å². The normalized spacial score (nSPS) is 12.2. The maximum absolute atomic E-state index is 14.7. The number of fused-ring (bicyclic) bond motifs is 14. The van der Waals surface area contributed by atoms with Crippen LogP contribution in [0.3, 0.4) is 0 Å². The van der Waals surface area contributed by atoms with Gasteiger partial charge in [-0.15, -0.1) is 0 Å². The number of furan rings is 2. The van der Waals surface area contributed by atoms with Crippen molar-refractivity contribution >= 4 is 87.5 Å².